The molecular weight excluding hydrogens is 341 g/mol. The van der Waals surface area contributed by atoms with E-state index in [1.54, 1.807) is 4.90 Å². The van der Waals surface area contributed by atoms with Crippen LogP contribution in [0.25, 0.3) is 5.57 Å². The highest BCUT2D eigenvalue weighted by Gasteiger charge is 2.47. The maximum Gasteiger partial charge on any atom is 0.454 e. The summed E-state index contributed by atoms with van der Waals surface area (Å²) in [5.74, 6) is -2.37. The van der Waals surface area contributed by atoms with Crippen LogP contribution >= 0.6 is 0 Å². The molecule has 2 heterocycles. The van der Waals surface area contributed by atoms with Crippen LogP contribution in [0.5, 0.6) is 0 Å². The second kappa shape index (κ2) is 6.14. The Bertz CT molecular complexity index is 760. The summed E-state index contributed by atoms with van der Waals surface area (Å²) >= 11 is 0. The fourth-order valence-electron chi connectivity index (χ4n) is 3.68. The third kappa shape index (κ3) is 2.88. The Hall–Kier alpha value is -2.42. The normalized spacial score (nSPS) is 22.7. The van der Waals surface area contributed by atoms with Crippen LogP contribution in [0.15, 0.2) is 24.4 Å². The average molecular weight is 356 g/mol. The standard InChI is InChI=1S/C16H15F3N2O4/c17-16(18,19)15(23)11-7-20-6-2-3-9(8-22)14(20)10-4-1-5-12(13(10)11)21(24)25/h1,4-5,7,9,14,22H,2-3,6,8H2. The van der Waals surface area contributed by atoms with E-state index in [0.29, 0.717) is 19.4 Å². The zero-order valence-electron chi connectivity index (χ0n) is 13.0. The molecule has 1 aromatic rings. The summed E-state index contributed by atoms with van der Waals surface area (Å²) in [5, 5.41) is 20.9. The number of aliphatic hydroxyl groups excluding tert-OH is 1. The number of ketones is 1. The number of aliphatic hydroxyl groups is 1. The Morgan fingerprint density at radius 1 is 1.40 bits per heavy atom. The molecule has 134 valence electrons. The van der Waals surface area contributed by atoms with Crippen molar-refractivity contribution >= 4 is 17.0 Å². The van der Waals surface area contributed by atoms with Crippen LogP contribution in [0, 0.1) is 16.0 Å². The van der Waals surface area contributed by atoms with Crippen molar-refractivity contribution in [1.82, 2.24) is 4.90 Å². The molecule has 2 atom stereocenters. The Morgan fingerprint density at radius 3 is 2.72 bits per heavy atom. The van der Waals surface area contributed by atoms with Gasteiger partial charge in [0.1, 0.15) is 0 Å². The van der Waals surface area contributed by atoms with Gasteiger partial charge in [-0.1, -0.05) is 12.1 Å². The molecule has 0 spiro atoms. The zero-order chi connectivity index (χ0) is 18.4. The Balaban J connectivity index is 2.24. The number of alkyl halides is 3. The van der Waals surface area contributed by atoms with Crippen LogP contribution in [-0.2, 0) is 4.79 Å². The fourth-order valence-corrected chi connectivity index (χ4v) is 3.68. The third-order valence-corrected chi connectivity index (χ3v) is 4.69. The summed E-state index contributed by atoms with van der Waals surface area (Å²) in [6, 6.07) is 3.48. The first-order chi connectivity index (χ1) is 11.8. The number of nitrogens with zero attached hydrogens (tertiary/aromatic N) is 2. The lowest BCUT2D eigenvalue weighted by atomic mass is 9.78. The van der Waals surface area contributed by atoms with Crippen molar-refractivity contribution in [1.29, 1.82) is 0 Å². The van der Waals surface area contributed by atoms with Crippen molar-refractivity contribution in [3.8, 4) is 0 Å². The number of fused-ring (bicyclic) bond motifs is 3. The van der Waals surface area contributed by atoms with E-state index in [2.05, 4.69) is 0 Å². The van der Waals surface area contributed by atoms with Gasteiger partial charge in [-0.3, -0.25) is 14.9 Å². The second-order valence-corrected chi connectivity index (χ2v) is 6.14. The highest BCUT2D eigenvalue weighted by atomic mass is 19.4. The van der Waals surface area contributed by atoms with Gasteiger partial charge in [0, 0.05) is 31.3 Å². The predicted molar refractivity (Wildman–Crippen MR) is 81.4 cm³/mol. The average Bonchev–Trinajstić information content (AvgIpc) is 2.58. The van der Waals surface area contributed by atoms with E-state index in [9.17, 15) is 33.2 Å². The Kier molecular flexibility index (Phi) is 4.28. The molecule has 0 bridgehead atoms. The van der Waals surface area contributed by atoms with E-state index >= 15 is 0 Å². The van der Waals surface area contributed by atoms with E-state index in [-0.39, 0.29) is 23.7 Å². The molecule has 2 aliphatic rings. The monoisotopic (exact) mass is 356 g/mol. The quantitative estimate of drug-likeness (QED) is 0.665. The SMILES string of the molecule is O=C(C1=CN2CCCC(CO)C2c2cccc([N+](=O)[O-])c21)C(F)(F)F. The summed E-state index contributed by atoms with van der Waals surface area (Å²) in [6.45, 7) is 0.220. The predicted octanol–water partition coefficient (Wildman–Crippen LogP) is 2.83. The molecule has 1 saturated heterocycles. The number of rotatable bonds is 3. The molecule has 0 aromatic heterocycles. The molecular formula is C16H15F3N2O4. The minimum atomic E-state index is -5.13. The number of hydrogen-bond acceptors (Lipinski definition) is 5. The number of nitro benzene ring substituents is 1. The van der Waals surface area contributed by atoms with Gasteiger partial charge in [-0.2, -0.15) is 13.2 Å². The molecule has 0 amide bonds. The van der Waals surface area contributed by atoms with Crippen LogP contribution in [0.3, 0.4) is 0 Å². The molecule has 0 saturated carbocycles. The number of Topliss-reactive ketones (excluding diaryl/α,β-unsaturated/α-hetero) is 1. The lowest BCUT2D eigenvalue weighted by molar-refractivity contribution is -0.385. The Morgan fingerprint density at radius 2 is 2.12 bits per heavy atom. The molecule has 9 heteroatoms. The first-order valence-electron chi connectivity index (χ1n) is 7.73. The number of hydrogen-bond donors (Lipinski definition) is 1. The second-order valence-electron chi connectivity index (χ2n) is 6.14. The number of carbonyl (C=O) groups is 1. The minimum Gasteiger partial charge on any atom is -0.396 e. The topological polar surface area (TPSA) is 83.7 Å². The number of nitro groups is 1. The summed E-state index contributed by atoms with van der Waals surface area (Å²) in [4.78, 5) is 24.0. The number of carbonyl (C=O) groups excluding carboxylic acids is 1. The van der Waals surface area contributed by atoms with Gasteiger partial charge in [-0.25, -0.2) is 0 Å². The maximum atomic E-state index is 13.0. The van der Waals surface area contributed by atoms with Gasteiger partial charge in [0.15, 0.2) is 0 Å². The minimum absolute atomic E-state index is 0.195. The lowest BCUT2D eigenvalue weighted by Crippen LogP contribution is -2.41. The zero-order valence-corrected chi connectivity index (χ0v) is 13.0. The molecule has 1 N–H and O–H groups in total. The van der Waals surface area contributed by atoms with Crippen molar-refractivity contribution in [2.24, 2.45) is 5.92 Å². The van der Waals surface area contributed by atoms with Crippen molar-refractivity contribution in [2.45, 2.75) is 25.1 Å². The first kappa shape index (κ1) is 17.4. The molecule has 1 aromatic carbocycles. The number of piperidine rings is 1. The molecule has 3 rings (SSSR count). The fraction of sp³-hybridized carbons (Fsp3) is 0.438. The van der Waals surface area contributed by atoms with Crippen LogP contribution in [-0.4, -0.2) is 40.0 Å². The van der Waals surface area contributed by atoms with Crippen molar-refractivity contribution in [3.05, 3.63) is 45.6 Å². The molecule has 6 nitrogen and oxygen atoms in total. The van der Waals surface area contributed by atoms with Crippen LogP contribution in [0.4, 0.5) is 18.9 Å². The maximum absolute atomic E-state index is 13.0. The van der Waals surface area contributed by atoms with E-state index < -0.39 is 34.2 Å². The van der Waals surface area contributed by atoms with Crippen LogP contribution < -0.4 is 0 Å². The van der Waals surface area contributed by atoms with Crippen molar-refractivity contribution in [3.63, 3.8) is 0 Å². The summed E-state index contributed by atoms with van der Waals surface area (Å²) in [5.41, 5.74) is -1.27. The third-order valence-electron chi connectivity index (χ3n) is 4.69. The van der Waals surface area contributed by atoms with Gasteiger partial charge in [0.2, 0.25) is 0 Å². The largest absolute Gasteiger partial charge is 0.454 e. The van der Waals surface area contributed by atoms with E-state index in [0.717, 1.165) is 12.3 Å². The van der Waals surface area contributed by atoms with Crippen LogP contribution in [0.1, 0.15) is 30.0 Å². The highest BCUT2D eigenvalue weighted by Crippen LogP contribution is 2.47. The summed E-state index contributed by atoms with van der Waals surface area (Å²) in [6.07, 6.45) is -2.77. The summed E-state index contributed by atoms with van der Waals surface area (Å²) in [7, 11) is 0. The van der Waals surface area contributed by atoms with E-state index in [4.69, 9.17) is 0 Å². The lowest BCUT2D eigenvalue weighted by Gasteiger charge is -2.44. The first-order valence-corrected chi connectivity index (χ1v) is 7.73. The number of allylic oxidation sites excluding steroid dienone is 1. The Labute approximate surface area is 140 Å². The smallest absolute Gasteiger partial charge is 0.396 e. The molecule has 2 aliphatic heterocycles. The number of halogens is 3. The molecule has 0 aliphatic carbocycles. The van der Waals surface area contributed by atoms with Gasteiger partial charge >= 0.3 is 6.18 Å². The van der Waals surface area contributed by atoms with Gasteiger partial charge < -0.3 is 10.0 Å². The van der Waals surface area contributed by atoms with E-state index in [1.165, 1.54) is 12.1 Å². The van der Waals surface area contributed by atoms with E-state index in [1.807, 2.05) is 0 Å². The molecule has 0 radical (unpaired) electrons. The molecule has 1 fully saturated rings. The van der Waals surface area contributed by atoms with Gasteiger partial charge in [0.05, 0.1) is 22.1 Å². The van der Waals surface area contributed by atoms with Crippen LogP contribution in [0.2, 0.25) is 0 Å². The summed E-state index contributed by atoms with van der Waals surface area (Å²) < 4.78 is 39.0. The molecule has 25 heavy (non-hydrogen) atoms. The molecule has 2 unspecified atom stereocenters. The van der Waals surface area contributed by atoms with Gasteiger partial charge in [-0.05, 0) is 18.4 Å². The van der Waals surface area contributed by atoms with Gasteiger partial charge in [-0.15, -0.1) is 0 Å². The number of benzene rings is 1. The van der Waals surface area contributed by atoms with Crippen molar-refractivity contribution in [2.75, 3.05) is 13.2 Å². The highest BCUT2D eigenvalue weighted by molar-refractivity contribution is 6.25. The van der Waals surface area contributed by atoms with Gasteiger partial charge in [0.25, 0.3) is 11.5 Å². The van der Waals surface area contributed by atoms with Crippen molar-refractivity contribution < 1.29 is 28.0 Å².